The third-order valence-electron chi connectivity index (χ3n) is 5.69. The van der Waals surface area contributed by atoms with Crippen molar-refractivity contribution in [1.29, 1.82) is 0 Å². The van der Waals surface area contributed by atoms with Gasteiger partial charge in [-0.1, -0.05) is 23.7 Å². The number of ether oxygens (including phenoxy) is 1. The van der Waals surface area contributed by atoms with E-state index in [4.69, 9.17) is 16.3 Å². The molecule has 0 saturated carbocycles. The second-order valence-corrected chi connectivity index (χ2v) is 8.61. The van der Waals surface area contributed by atoms with Crippen molar-refractivity contribution in [2.45, 2.75) is 12.1 Å². The number of nitrogens with one attached hydrogen (secondary N) is 2. The highest BCUT2D eigenvalue weighted by molar-refractivity contribution is 6.30. The van der Waals surface area contributed by atoms with Crippen molar-refractivity contribution in [3.63, 3.8) is 0 Å². The Bertz CT molecular complexity index is 1210. The van der Waals surface area contributed by atoms with Crippen molar-refractivity contribution in [3.8, 4) is 5.75 Å². The molecule has 1 fully saturated rings. The molecule has 4 rings (SSSR count). The van der Waals surface area contributed by atoms with E-state index in [1.165, 1.54) is 0 Å². The van der Waals surface area contributed by atoms with Crippen molar-refractivity contribution in [3.05, 3.63) is 94.5 Å². The number of hydrazine groups is 1. The van der Waals surface area contributed by atoms with Gasteiger partial charge in [-0.2, -0.15) is 0 Å². The number of hydrogen-bond donors (Lipinski definition) is 2. The SMILES string of the molecule is COc1ccc(C(=O)N[C@@H]2C(=O)N/[N+](=C\c3ccc(N(C)C)cc3)[C@H]2c2ccc(Cl)cc2)cc1. The van der Waals surface area contributed by atoms with Gasteiger partial charge < -0.3 is 15.0 Å². The molecule has 0 bridgehead atoms. The number of benzene rings is 3. The molecule has 1 aliphatic heterocycles. The normalized spacial score (nSPS) is 18.5. The molecule has 2 atom stereocenters. The number of carbonyl (C=O) groups is 2. The fourth-order valence-electron chi connectivity index (χ4n) is 3.83. The van der Waals surface area contributed by atoms with Gasteiger partial charge in [0.25, 0.3) is 5.91 Å². The number of halogens is 1. The number of amides is 2. The molecule has 7 nitrogen and oxygen atoms in total. The zero-order chi connectivity index (χ0) is 24.2. The molecule has 3 aromatic rings. The van der Waals surface area contributed by atoms with Crippen LogP contribution in [-0.4, -0.2) is 50.0 Å². The second kappa shape index (κ2) is 9.97. The predicted molar refractivity (Wildman–Crippen MR) is 133 cm³/mol. The lowest BCUT2D eigenvalue weighted by molar-refractivity contribution is -0.596. The van der Waals surface area contributed by atoms with Crippen LogP contribution in [0.1, 0.15) is 27.5 Å². The van der Waals surface area contributed by atoms with Crippen LogP contribution >= 0.6 is 11.6 Å². The van der Waals surface area contributed by atoms with Gasteiger partial charge in [0.15, 0.2) is 6.04 Å². The van der Waals surface area contributed by atoms with Crippen LogP contribution in [0.2, 0.25) is 5.02 Å². The van der Waals surface area contributed by atoms with E-state index in [0.29, 0.717) is 16.3 Å². The summed E-state index contributed by atoms with van der Waals surface area (Å²) in [4.78, 5) is 28.0. The van der Waals surface area contributed by atoms with Gasteiger partial charge >= 0.3 is 5.91 Å². The standard InChI is InChI=1S/C26H25ClN4O3/c1-30(2)21-12-4-17(5-13-21)16-31-24(18-6-10-20(27)11-7-18)23(26(33)29-31)28-25(32)19-8-14-22(34-3)15-9-19/h4-16,23-24H,1-3H3,(H-,28,29,32,33)/p+1/t23-,24-/m0/s1. The maximum Gasteiger partial charge on any atom is 0.304 e. The molecule has 2 amide bonds. The van der Waals surface area contributed by atoms with Crippen LogP contribution in [-0.2, 0) is 4.79 Å². The summed E-state index contributed by atoms with van der Waals surface area (Å²) in [5, 5.41) is 3.48. The Morgan fingerprint density at radius 3 is 2.26 bits per heavy atom. The van der Waals surface area contributed by atoms with E-state index in [0.717, 1.165) is 16.8 Å². The van der Waals surface area contributed by atoms with Crippen LogP contribution < -0.4 is 20.4 Å². The molecule has 8 heteroatoms. The number of carbonyl (C=O) groups excluding carboxylic acids is 2. The molecule has 0 radical (unpaired) electrons. The first kappa shape index (κ1) is 23.3. The van der Waals surface area contributed by atoms with Gasteiger partial charge in [-0.25, -0.2) is 0 Å². The minimum atomic E-state index is -0.812. The van der Waals surface area contributed by atoms with Gasteiger partial charge in [-0.3, -0.25) is 9.59 Å². The molecular formula is C26H26ClN4O3+. The summed E-state index contributed by atoms with van der Waals surface area (Å²) in [5.74, 6) is -0.00261. The molecule has 3 aromatic carbocycles. The van der Waals surface area contributed by atoms with Gasteiger partial charge in [0.2, 0.25) is 12.3 Å². The molecule has 34 heavy (non-hydrogen) atoms. The number of nitrogens with zero attached hydrogens (tertiary/aromatic N) is 2. The Labute approximate surface area is 203 Å². The number of rotatable bonds is 6. The molecule has 0 aromatic heterocycles. The number of hydrazone groups is 1. The Kier molecular flexibility index (Phi) is 6.84. The van der Waals surface area contributed by atoms with E-state index >= 15 is 0 Å². The minimum absolute atomic E-state index is 0.303. The Morgan fingerprint density at radius 1 is 1.03 bits per heavy atom. The maximum absolute atomic E-state index is 13.0. The molecule has 2 N–H and O–H groups in total. The summed E-state index contributed by atoms with van der Waals surface area (Å²) in [6.45, 7) is 0. The lowest BCUT2D eigenvalue weighted by Crippen LogP contribution is -2.42. The van der Waals surface area contributed by atoms with Crippen molar-refractivity contribution in [2.75, 3.05) is 26.1 Å². The lowest BCUT2D eigenvalue weighted by Gasteiger charge is -2.15. The van der Waals surface area contributed by atoms with Crippen LogP contribution in [0.3, 0.4) is 0 Å². The zero-order valence-electron chi connectivity index (χ0n) is 19.2. The first-order chi connectivity index (χ1) is 16.4. The van der Waals surface area contributed by atoms with E-state index in [-0.39, 0.29) is 11.8 Å². The van der Waals surface area contributed by atoms with E-state index in [1.54, 1.807) is 48.2 Å². The number of hydrogen-bond acceptors (Lipinski definition) is 4. The van der Waals surface area contributed by atoms with Crippen LogP contribution in [0, 0.1) is 0 Å². The molecule has 0 spiro atoms. The largest absolute Gasteiger partial charge is 0.497 e. The third-order valence-corrected chi connectivity index (χ3v) is 5.94. The lowest BCUT2D eigenvalue weighted by atomic mass is 9.99. The maximum atomic E-state index is 13.0. The molecule has 1 aliphatic rings. The Balaban J connectivity index is 1.66. The first-order valence-corrected chi connectivity index (χ1v) is 11.1. The predicted octanol–water partition coefficient (Wildman–Crippen LogP) is 3.43. The molecule has 0 aliphatic carbocycles. The minimum Gasteiger partial charge on any atom is -0.497 e. The summed E-state index contributed by atoms with van der Waals surface area (Å²) >= 11 is 6.09. The summed E-state index contributed by atoms with van der Waals surface area (Å²) < 4.78 is 6.89. The summed E-state index contributed by atoms with van der Waals surface area (Å²) in [6.07, 6.45) is 1.86. The van der Waals surface area contributed by atoms with Crippen molar-refractivity contribution < 1.29 is 19.0 Å². The van der Waals surface area contributed by atoms with E-state index in [2.05, 4.69) is 10.7 Å². The fourth-order valence-corrected chi connectivity index (χ4v) is 3.95. The molecular weight excluding hydrogens is 452 g/mol. The monoisotopic (exact) mass is 477 g/mol. The van der Waals surface area contributed by atoms with Gasteiger partial charge in [0, 0.05) is 41.5 Å². The van der Waals surface area contributed by atoms with Crippen molar-refractivity contribution in [1.82, 2.24) is 10.7 Å². The summed E-state index contributed by atoms with van der Waals surface area (Å²) in [5.41, 5.74) is 6.14. The van der Waals surface area contributed by atoms with Crippen LogP contribution in [0.5, 0.6) is 5.75 Å². The molecule has 0 unspecified atom stereocenters. The highest BCUT2D eigenvalue weighted by atomic mass is 35.5. The van der Waals surface area contributed by atoms with Gasteiger partial charge in [-0.15, -0.1) is 10.1 Å². The van der Waals surface area contributed by atoms with Crippen molar-refractivity contribution >= 4 is 35.3 Å². The van der Waals surface area contributed by atoms with Gasteiger partial charge in [0.1, 0.15) is 5.75 Å². The van der Waals surface area contributed by atoms with E-state index in [1.807, 2.05) is 61.6 Å². The summed E-state index contributed by atoms with van der Waals surface area (Å²) in [6, 6.07) is 20.7. The average molecular weight is 478 g/mol. The van der Waals surface area contributed by atoms with Crippen LogP contribution in [0.4, 0.5) is 5.69 Å². The topological polar surface area (TPSA) is 73.7 Å². The highest BCUT2D eigenvalue weighted by Crippen LogP contribution is 2.27. The first-order valence-electron chi connectivity index (χ1n) is 10.8. The average Bonchev–Trinajstić information content (AvgIpc) is 3.14. The Hall–Kier alpha value is -3.84. The van der Waals surface area contributed by atoms with E-state index in [9.17, 15) is 9.59 Å². The number of anilines is 1. The molecule has 1 heterocycles. The molecule has 174 valence electrons. The van der Waals surface area contributed by atoms with Crippen LogP contribution in [0.25, 0.3) is 0 Å². The van der Waals surface area contributed by atoms with Crippen molar-refractivity contribution in [2.24, 2.45) is 0 Å². The van der Waals surface area contributed by atoms with E-state index < -0.39 is 12.1 Å². The number of methoxy groups -OCH3 is 1. The van der Waals surface area contributed by atoms with Gasteiger partial charge in [-0.05, 0) is 60.7 Å². The zero-order valence-corrected chi connectivity index (χ0v) is 19.9. The highest BCUT2D eigenvalue weighted by Gasteiger charge is 2.47. The quantitative estimate of drug-likeness (QED) is 0.533. The third kappa shape index (κ3) is 5.05. The summed E-state index contributed by atoms with van der Waals surface area (Å²) in [7, 11) is 5.52. The fraction of sp³-hybridized carbons (Fsp3) is 0.192. The molecule has 1 saturated heterocycles. The van der Waals surface area contributed by atoms with Gasteiger partial charge in [0.05, 0.1) is 7.11 Å². The Morgan fingerprint density at radius 2 is 1.68 bits per heavy atom. The second-order valence-electron chi connectivity index (χ2n) is 8.17. The van der Waals surface area contributed by atoms with Crippen LogP contribution in [0.15, 0.2) is 72.8 Å². The smallest absolute Gasteiger partial charge is 0.304 e.